The highest BCUT2D eigenvalue weighted by molar-refractivity contribution is 5.89. The molecule has 0 radical (unpaired) electrons. The molecule has 0 spiro atoms. The standard InChI is InChI=1S/C10H11FO4/c1-3-15-8-5-6(14-2)4-7(9(8)11)10(12)13/h4-5H,3H2,1-2H3,(H,12,13). The maximum Gasteiger partial charge on any atom is 0.338 e. The normalized spacial score (nSPS) is 9.80. The number of halogens is 1. The lowest BCUT2D eigenvalue weighted by Crippen LogP contribution is -2.04. The largest absolute Gasteiger partial charge is 0.497 e. The number of methoxy groups -OCH3 is 1. The van der Waals surface area contributed by atoms with E-state index in [0.29, 0.717) is 0 Å². The summed E-state index contributed by atoms with van der Waals surface area (Å²) < 4.78 is 23.3. The van der Waals surface area contributed by atoms with Crippen LogP contribution in [0.5, 0.6) is 11.5 Å². The maximum atomic E-state index is 13.5. The van der Waals surface area contributed by atoms with Gasteiger partial charge in [-0.3, -0.25) is 0 Å². The SMILES string of the molecule is CCOc1cc(OC)cc(C(=O)O)c1F. The van der Waals surface area contributed by atoms with Gasteiger partial charge in [0.05, 0.1) is 13.7 Å². The molecular weight excluding hydrogens is 203 g/mol. The van der Waals surface area contributed by atoms with E-state index in [1.807, 2.05) is 0 Å². The molecule has 82 valence electrons. The zero-order valence-electron chi connectivity index (χ0n) is 8.41. The quantitative estimate of drug-likeness (QED) is 0.832. The molecule has 0 heterocycles. The van der Waals surface area contributed by atoms with Crippen LogP contribution < -0.4 is 9.47 Å². The minimum absolute atomic E-state index is 0.116. The van der Waals surface area contributed by atoms with Crippen molar-refractivity contribution in [2.45, 2.75) is 6.92 Å². The van der Waals surface area contributed by atoms with E-state index in [-0.39, 0.29) is 18.1 Å². The molecule has 1 aromatic carbocycles. The lowest BCUT2D eigenvalue weighted by Gasteiger charge is -2.09. The van der Waals surface area contributed by atoms with Gasteiger partial charge < -0.3 is 14.6 Å². The Morgan fingerprint density at radius 3 is 2.67 bits per heavy atom. The number of rotatable bonds is 4. The summed E-state index contributed by atoms with van der Waals surface area (Å²) in [6.45, 7) is 1.93. The number of ether oxygens (including phenoxy) is 2. The molecule has 5 heteroatoms. The molecule has 15 heavy (non-hydrogen) atoms. The summed E-state index contributed by atoms with van der Waals surface area (Å²) in [4.78, 5) is 10.7. The second kappa shape index (κ2) is 4.63. The van der Waals surface area contributed by atoms with Crippen molar-refractivity contribution in [3.63, 3.8) is 0 Å². The molecule has 4 nitrogen and oxygen atoms in total. The van der Waals surface area contributed by atoms with Crippen LogP contribution in [-0.4, -0.2) is 24.8 Å². The Labute approximate surface area is 86.2 Å². The highest BCUT2D eigenvalue weighted by atomic mass is 19.1. The third kappa shape index (κ3) is 2.37. The number of aromatic carboxylic acids is 1. The lowest BCUT2D eigenvalue weighted by molar-refractivity contribution is 0.0690. The van der Waals surface area contributed by atoms with Crippen LogP contribution >= 0.6 is 0 Å². The molecule has 0 amide bonds. The number of carboxylic acids is 1. The number of hydrogen-bond acceptors (Lipinski definition) is 3. The highest BCUT2D eigenvalue weighted by Crippen LogP contribution is 2.27. The summed E-state index contributed by atoms with van der Waals surface area (Å²) in [6.07, 6.45) is 0. The van der Waals surface area contributed by atoms with Gasteiger partial charge in [-0.25, -0.2) is 9.18 Å². The Bertz CT molecular complexity index is 376. The summed E-state index contributed by atoms with van der Waals surface area (Å²) >= 11 is 0. The Morgan fingerprint density at radius 2 is 2.20 bits per heavy atom. The third-order valence-electron chi connectivity index (χ3n) is 1.78. The van der Waals surface area contributed by atoms with Crippen LogP contribution in [0.1, 0.15) is 17.3 Å². The van der Waals surface area contributed by atoms with Crippen molar-refractivity contribution < 1.29 is 23.8 Å². The van der Waals surface area contributed by atoms with Gasteiger partial charge in [0.1, 0.15) is 11.3 Å². The Balaban J connectivity index is 3.26. The zero-order valence-corrected chi connectivity index (χ0v) is 8.41. The zero-order chi connectivity index (χ0) is 11.4. The van der Waals surface area contributed by atoms with Crippen molar-refractivity contribution in [1.29, 1.82) is 0 Å². The van der Waals surface area contributed by atoms with Crippen LogP contribution in [0.15, 0.2) is 12.1 Å². The van der Waals surface area contributed by atoms with E-state index >= 15 is 0 Å². The smallest absolute Gasteiger partial charge is 0.338 e. The van der Waals surface area contributed by atoms with Crippen LogP contribution in [0, 0.1) is 5.82 Å². The molecule has 0 aliphatic heterocycles. The summed E-state index contributed by atoms with van der Waals surface area (Å²) in [5.74, 6) is -2.11. The Hall–Kier alpha value is -1.78. The molecule has 0 unspecified atom stereocenters. The number of benzene rings is 1. The van der Waals surface area contributed by atoms with Crippen LogP contribution in [-0.2, 0) is 0 Å². The van der Waals surface area contributed by atoms with E-state index in [9.17, 15) is 9.18 Å². The van der Waals surface area contributed by atoms with Gasteiger partial charge in [-0.15, -0.1) is 0 Å². The topological polar surface area (TPSA) is 55.8 Å². The Kier molecular flexibility index (Phi) is 3.49. The van der Waals surface area contributed by atoms with Crippen molar-refractivity contribution in [2.75, 3.05) is 13.7 Å². The first-order valence-corrected chi connectivity index (χ1v) is 4.33. The molecule has 0 bridgehead atoms. The third-order valence-corrected chi connectivity index (χ3v) is 1.78. The first-order valence-electron chi connectivity index (χ1n) is 4.33. The second-order valence-corrected chi connectivity index (χ2v) is 2.73. The summed E-state index contributed by atoms with van der Waals surface area (Å²) in [5, 5.41) is 8.73. The molecule has 1 N–H and O–H groups in total. The summed E-state index contributed by atoms with van der Waals surface area (Å²) in [5.41, 5.74) is -0.460. The lowest BCUT2D eigenvalue weighted by atomic mass is 10.2. The van der Waals surface area contributed by atoms with Crippen LogP contribution in [0.2, 0.25) is 0 Å². The van der Waals surface area contributed by atoms with Crippen molar-refractivity contribution >= 4 is 5.97 Å². The molecule has 0 saturated heterocycles. The van der Waals surface area contributed by atoms with E-state index in [1.165, 1.54) is 13.2 Å². The molecule has 0 fully saturated rings. The summed E-state index contributed by atoms with van der Waals surface area (Å²) in [6, 6.07) is 2.42. The molecule has 0 aromatic heterocycles. The molecule has 0 aliphatic rings. The van der Waals surface area contributed by atoms with Gasteiger partial charge in [-0.05, 0) is 13.0 Å². The van der Waals surface area contributed by atoms with Gasteiger partial charge >= 0.3 is 5.97 Å². The number of carboxylic acid groups (broad SMARTS) is 1. The van der Waals surface area contributed by atoms with Crippen LogP contribution in [0.4, 0.5) is 4.39 Å². The van der Waals surface area contributed by atoms with Crippen LogP contribution in [0.25, 0.3) is 0 Å². The average Bonchev–Trinajstić information content (AvgIpc) is 2.21. The second-order valence-electron chi connectivity index (χ2n) is 2.73. The number of hydrogen-bond donors (Lipinski definition) is 1. The summed E-state index contributed by atoms with van der Waals surface area (Å²) in [7, 11) is 1.37. The molecule has 1 aromatic rings. The van der Waals surface area contributed by atoms with Gasteiger partial charge in [0.2, 0.25) is 0 Å². The van der Waals surface area contributed by atoms with Crippen molar-refractivity contribution in [2.24, 2.45) is 0 Å². The predicted molar refractivity (Wildman–Crippen MR) is 51.1 cm³/mol. The fourth-order valence-electron chi connectivity index (χ4n) is 1.11. The first kappa shape index (κ1) is 11.3. The fourth-order valence-corrected chi connectivity index (χ4v) is 1.11. The number of carbonyl (C=O) groups is 1. The van der Waals surface area contributed by atoms with E-state index in [0.717, 1.165) is 6.07 Å². The van der Waals surface area contributed by atoms with Gasteiger partial charge in [0, 0.05) is 6.07 Å². The van der Waals surface area contributed by atoms with Crippen molar-refractivity contribution in [3.8, 4) is 11.5 Å². The average molecular weight is 214 g/mol. The van der Waals surface area contributed by atoms with Crippen LogP contribution in [0.3, 0.4) is 0 Å². The monoisotopic (exact) mass is 214 g/mol. The molecule has 0 aliphatic carbocycles. The molecular formula is C10H11FO4. The van der Waals surface area contributed by atoms with Gasteiger partial charge in [0.15, 0.2) is 11.6 Å². The highest BCUT2D eigenvalue weighted by Gasteiger charge is 2.17. The minimum Gasteiger partial charge on any atom is -0.497 e. The molecule has 0 saturated carbocycles. The Morgan fingerprint density at radius 1 is 1.53 bits per heavy atom. The molecule has 0 atom stereocenters. The van der Waals surface area contributed by atoms with E-state index < -0.39 is 17.3 Å². The van der Waals surface area contributed by atoms with E-state index in [4.69, 9.17) is 14.6 Å². The minimum atomic E-state index is -1.35. The fraction of sp³-hybridized carbons (Fsp3) is 0.300. The van der Waals surface area contributed by atoms with Gasteiger partial charge in [0.25, 0.3) is 0 Å². The van der Waals surface area contributed by atoms with E-state index in [2.05, 4.69) is 0 Å². The first-order chi connectivity index (χ1) is 7.10. The van der Waals surface area contributed by atoms with E-state index in [1.54, 1.807) is 6.92 Å². The van der Waals surface area contributed by atoms with Crippen molar-refractivity contribution in [1.82, 2.24) is 0 Å². The van der Waals surface area contributed by atoms with Gasteiger partial charge in [-0.2, -0.15) is 0 Å². The molecule has 1 rings (SSSR count). The van der Waals surface area contributed by atoms with Gasteiger partial charge in [-0.1, -0.05) is 0 Å². The maximum absolute atomic E-state index is 13.5. The van der Waals surface area contributed by atoms with Crippen molar-refractivity contribution in [3.05, 3.63) is 23.5 Å². The predicted octanol–water partition coefficient (Wildman–Crippen LogP) is 1.93.